The van der Waals surface area contributed by atoms with Crippen molar-refractivity contribution in [3.8, 4) is 11.1 Å². The van der Waals surface area contributed by atoms with E-state index in [2.05, 4.69) is 54.6 Å². The number of hydrogen-bond acceptors (Lipinski definition) is 1. The van der Waals surface area contributed by atoms with E-state index in [0.717, 1.165) is 21.5 Å². The van der Waals surface area contributed by atoms with Crippen molar-refractivity contribution in [2.45, 2.75) is 0 Å². The summed E-state index contributed by atoms with van der Waals surface area (Å²) < 4.78 is 14.5. The van der Waals surface area contributed by atoms with Gasteiger partial charge in [-0.25, -0.2) is 0 Å². The summed E-state index contributed by atoms with van der Waals surface area (Å²) in [5, 5.41) is 5.01. The predicted octanol–water partition coefficient (Wildman–Crippen LogP) is 6.15. The van der Waals surface area contributed by atoms with Crippen LogP contribution in [0.25, 0.3) is 21.9 Å². The van der Waals surface area contributed by atoms with Crippen LogP contribution in [0.5, 0.6) is 0 Å². The van der Waals surface area contributed by atoms with E-state index < -0.39 is 7.14 Å². The van der Waals surface area contributed by atoms with E-state index in [9.17, 15) is 4.57 Å². The van der Waals surface area contributed by atoms with E-state index in [0.29, 0.717) is 0 Å². The molecule has 1 nitrogen and oxygen atoms in total. The Kier molecular flexibility index (Phi) is 4.83. The summed E-state index contributed by atoms with van der Waals surface area (Å²) in [5.41, 5.74) is 2.32. The van der Waals surface area contributed by atoms with Crippen LogP contribution in [0.1, 0.15) is 0 Å². The molecule has 5 aromatic carbocycles. The molecule has 5 rings (SSSR count). The molecular weight excluding hydrogens is 383 g/mol. The van der Waals surface area contributed by atoms with E-state index >= 15 is 0 Å². The Labute approximate surface area is 177 Å². The lowest BCUT2D eigenvalue weighted by Crippen LogP contribution is -2.24. The van der Waals surface area contributed by atoms with Crippen molar-refractivity contribution in [1.29, 1.82) is 0 Å². The van der Waals surface area contributed by atoms with Gasteiger partial charge in [0.05, 0.1) is 0 Å². The lowest BCUT2D eigenvalue weighted by Gasteiger charge is -2.20. The molecule has 0 bridgehead atoms. The zero-order valence-electron chi connectivity index (χ0n) is 16.5. The largest absolute Gasteiger partial charge is 0.309 e. The fourth-order valence-electron chi connectivity index (χ4n) is 4.05. The highest BCUT2D eigenvalue weighted by Gasteiger charge is 2.29. The highest BCUT2D eigenvalue weighted by atomic mass is 31.2. The lowest BCUT2D eigenvalue weighted by atomic mass is 9.98. The van der Waals surface area contributed by atoms with E-state index in [1.807, 2.05) is 72.8 Å². The topological polar surface area (TPSA) is 17.1 Å². The first-order valence-electron chi connectivity index (χ1n) is 10.1. The molecule has 0 heterocycles. The van der Waals surface area contributed by atoms with Crippen LogP contribution in [-0.2, 0) is 4.57 Å². The summed E-state index contributed by atoms with van der Waals surface area (Å²) >= 11 is 0. The Morgan fingerprint density at radius 3 is 1.57 bits per heavy atom. The van der Waals surface area contributed by atoms with Crippen molar-refractivity contribution in [2.24, 2.45) is 0 Å². The normalized spacial score (nSPS) is 11.5. The van der Waals surface area contributed by atoms with Gasteiger partial charge in [0, 0.05) is 15.9 Å². The Bertz CT molecular complexity index is 1290. The van der Waals surface area contributed by atoms with Crippen LogP contribution < -0.4 is 15.9 Å². The summed E-state index contributed by atoms with van der Waals surface area (Å²) in [6.07, 6.45) is 0. The van der Waals surface area contributed by atoms with Gasteiger partial charge in [-0.05, 0) is 21.9 Å². The molecule has 0 aromatic heterocycles. The molecule has 30 heavy (non-hydrogen) atoms. The minimum absolute atomic E-state index is 0.851. The molecule has 0 fully saturated rings. The summed E-state index contributed by atoms with van der Waals surface area (Å²) in [7, 11) is -2.94. The fraction of sp³-hybridized carbons (Fsp3) is 0. The molecule has 0 saturated heterocycles. The van der Waals surface area contributed by atoms with Gasteiger partial charge >= 0.3 is 0 Å². The third-order valence-electron chi connectivity index (χ3n) is 5.57. The van der Waals surface area contributed by atoms with Crippen molar-refractivity contribution in [2.75, 3.05) is 0 Å². The van der Waals surface area contributed by atoms with Gasteiger partial charge in [-0.3, -0.25) is 0 Å². The Balaban J connectivity index is 1.65. The van der Waals surface area contributed by atoms with Gasteiger partial charge in [-0.1, -0.05) is 127 Å². The van der Waals surface area contributed by atoms with Gasteiger partial charge < -0.3 is 4.57 Å². The van der Waals surface area contributed by atoms with Crippen LogP contribution >= 0.6 is 7.14 Å². The number of fused-ring (bicyclic) bond motifs is 1. The third kappa shape index (κ3) is 3.18. The molecule has 0 aliphatic heterocycles. The van der Waals surface area contributed by atoms with E-state index in [-0.39, 0.29) is 0 Å². The lowest BCUT2D eigenvalue weighted by molar-refractivity contribution is 0.592. The molecule has 2 heteroatoms. The molecule has 0 unspecified atom stereocenters. The van der Waals surface area contributed by atoms with Gasteiger partial charge in [0.2, 0.25) is 0 Å². The van der Waals surface area contributed by atoms with Crippen molar-refractivity contribution in [3.05, 3.63) is 127 Å². The first-order chi connectivity index (χ1) is 14.8. The van der Waals surface area contributed by atoms with Crippen LogP contribution in [0.4, 0.5) is 0 Å². The van der Waals surface area contributed by atoms with Crippen molar-refractivity contribution in [1.82, 2.24) is 0 Å². The maximum absolute atomic E-state index is 14.5. The van der Waals surface area contributed by atoms with Gasteiger partial charge in [0.15, 0.2) is 7.14 Å². The summed E-state index contributed by atoms with van der Waals surface area (Å²) in [4.78, 5) is 0. The standard InChI is InChI=1S/C28H21OP/c29-30(24-12-3-1-4-13-24,25-14-5-2-6-15-25)26-20-18-23(19-21-26)28-17-9-11-22-10-7-8-16-27(22)28/h1-21H. The first-order valence-corrected chi connectivity index (χ1v) is 11.8. The maximum atomic E-state index is 14.5. The molecule has 0 aliphatic carbocycles. The second-order valence-electron chi connectivity index (χ2n) is 7.35. The van der Waals surface area contributed by atoms with Gasteiger partial charge in [-0.2, -0.15) is 0 Å². The van der Waals surface area contributed by atoms with Crippen LogP contribution in [-0.4, -0.2) is 0 Å². The molecule has 0 spiro atoms. The van der Waals surface area contributed by atoms with E-state index in [4.69, 9.17) is 0 Å². The average molecular weight is 404 g/mol. The first kappa shape index (κ1) is 18.6. The predicted molar refractivity (Wildman–Crippen MR) is 129 cm³/mol. The molecule has 0 atom stereocenters. The van der Waals surface area contributed by atoms with Crippen LogP contribution in [0.3, 0.4) is 0 Å². The number of hydrogen-bond donors (Lipinski definition) is 0. The number of rotatable bonds is 4. The molecule has 0 aliphatic rings. The Morgan fingerprint density at radius 2 is 0.933 bits per heavy atom. The molecule has 0 saturated carbocycles. The van der Waals surface area contributed by atoms with Crippen LogP contribution in [0, 0.1) is 0 Å². The van der Waals surface area contributed by atoms with E-state index in [1.54, 1.807) is 0 Å². The maximum Gasteiger partial charge on any atom is 0.171 e. The zero-order valence-corrected chi connectivity index (χ0v) is 17.4. The minimum atomic E-state index is -2.94. The number of benzene rings is 5. The fourth-order valence-corrected chi connectivity index (χ4v) is 6.70. The molecule has 0 amide bonds. The second kappa shape index (κ2) is 7.78. The van der Waals surface area contributed by atoms with Crippen molar-refractivity contribution >= 4 is 33.8 Å². The zero-order chi connectivity index (χ0) is 20.4. The smallest absolute Gasteiger partial charge is 0.171 e. The van der Waals surface area contributed by atoms with E-state index in [1.165, 1.54) is 16.3 Å². The molecule has 144 valence electrons. The molecule has 0 N–H and O–H groups in total. The van der Waals surface area contributed by atoms with Crippen molar-refractivity contribution in [3.63, 3.8) is 0 Å². The quantitative estimate of drug-likeness (QED) is 0.329. The summed E-state index contributed by atoms with van der Waals surface area (Å²) in [6.45, 7) is 0. The second-order valence-corrected chi connectivity index (χ2v) is 10.1. The molecular formula is C28H21OP. The Morgan fingerprint density at radius 1 is 0.433 bits per heavy atom. The molecule has 5 aromatic rings. The summed E-state index contributed by atoms with van der Waals surface area (Å²) in [5.74, 6) is 0. The van der Waals surface area contributed by atoms with Gasteiger partial charge in [0.1, 0.15) is 0 Å². The van der Waals surface area contributed by atoms with Gasteiger partial charge in [0.25, 0.3) is 0 Å². The SMILES string of the molecule is O=P(c1ccccc1)(c1ccccc1)c1ccc(-c2cccc3ccccc23)cc1. The highest BCUT2D eigenvalue weighted by molar-refractivity contribution is 7.85. The Hall–Kier alpha value is -3.41. The average Bonchev–Trinajstić information content (AvgIpc) is 2.84. The monoisotopic (exact) mass is 404 g/mol. The third-order valence-corrected chi connectivity index (χ3v) is 8.65. The van der Waals surface area contributed by atoms with Crippen molar-refractivity contribution < 1.29 is 4.57 Å². The molecule has 0 radical (unpaired) electrons. The summed E-state index contributed by atoms with van der Waals surface area (Å²) in [6, 6.07) is 42.6. The minimum Gasteiger partial charge on any atom is -0.309 e. The van der Waals surface area contributed by atoms with Crippen LogP contribution in [0.15, 0.2) is 127 Å². The highest BCUT2D eigenvalue weighted by Crippen LogP contribution is 2.42. The van der Waals surface area contributed by atoms with Gasteiger partial charge in [-0.15, -0.1) is 0 Å². The van der Waals surface area contributed by atoms with Crippen LogP contribution in [0.2, 0.25) is 0 Å².